The van der Waals surface area contributed by atoms with Gasteiger partial charge in [0.25, 0.3) is 0 Å². The van der Waals surface area contributed by atoms with E-state index in [4.69, 9.17) is 9.40 Å². The number of benzene rings is 1. The first-order valence-corrected chi connectivity index (χ1v) is 7.39. The molecule has 1 aromatic carbocycles. The van der Waals surface area contributed by atoms with E-state index in [2.05, 4.69) is 48.1 Å². The summed E-state index contributed by atoms with van der Waals surface area (Å²) in [6.45, 7) is 2.10. The van der Waals surface area contributed by atoms with Gasteiger partial charge in [0.2, 0.25) is 0 Å². The van der Waals surface area contributed by atoms with E-state index in [9.17, 15) is 0 Å². The molecule has 2 heterocycles. The molecule has 1 unspecified atom stereocenters. The smallest absolute Gasteiger partial charge is 0.121 e. The second-order valence-electron chi connectivity index (χ2n) is 5.28. The molecule has 2 aromatic heterocycles. The van der Waals surface area contributed by atoms with Crippen LogP contribution in [0.3, 0.4) is 0 Å². The summed E-state index contributed by atoms with van der Waals surface area (Å²) < 4.78 is 8.03. The zero-order chi connectivity index (χ0) is 14.8. The number of likely N-dealkylation sites (N-methyl/N-ethyl adjacent to an activating group) is 1. The topological polar surface area (TPSA) is 43.0 Å². The number of nitrogens with zero attached hydrogens (tertiary/aromatic N) is 2. The molecule has 3 aromatic rings. The fourth-order valence-corrected chi connectivity index (χ4v) is 2.68. The van der Waals surface area contributed by atoms with Crippen molar-refractivity contribution in [2.45, 2.75) is 25.8 Å². The molecule has 0 aliphatic carbocycles. The van der Waals surface area contributed by atoms with E-state index in [-0.39, 0.29) is 6.04 Å². The minimum absolute atomic E-state index is 0.140. The van der Waals surface area contributed by atoms with E-state index in [1.54, 1.807) is 0 Å². The molecule has 0 aliphatic heterocycles. The lowest BCUT2D eigenvalue weighted by molar-refractivity contribution is 0.402. The van der Waals surface area contributed by atoms with Crippen LogP contribution in [0.25, 0.3) is 11.0 Å². The predicted octanol–water partition coefficient (Wildman–Crippen LogP) is 3.23. The molecule has 0 fully saturated rings. The Morgan fingerprint density at radius 1 is 1.24 bits per heavy atom. The van der Waals surface area contributed by atoms with E-state index < -0.39 is 0 Å². The maximum atomic E-state index is 5.87. The third-order valence-electron chi connectivity index (χ3n) is 3.99. The second-order valence-corrected chi connectivity index (χ2v) is 5.28. The minimum Gasteiger partial charge on any atom is -0.464 e. The van der Waals surface area contributed by atoms with Gasteiger partial charge in [-0.15, -0.1) is 0 Å². The summed E-state index contributed by atoms with van der Waals surface area (Å²) in [6, 6.07) is 12.5. The molecule has 0 aliphatic rings. The maximum Gasteiger partial charge on any atom is 0.121 e. The van der Waals surface area contributed by atoms with Crippen LogP contribution in [0.4, 0.5) is 0 Å². The van der Waals surface area contributed by atoms with Crippen LogP contribution < -0.4 is 5.32 Å². The van der Waals surface area contributed by atoms with Crippen LogP contribution in [-0.2, 0) is 19.9 Å². The third-order valence-corrected chi connectivity index (χ3v) is 3.99. The van der Waals surface area contributed by atoms with Crippen molar-refractivity contribution >= 4 is 11.0 Å². The Kier molecular flexibility index (Phi) is 3.80. The van der Waals surface area contributed by atoms with Crippen molar-refractivity contribution in [3.8, 4) is 0 Å². The minimum atomic E-state index is 0.140. The molecule has 1 atom stereocenters. The van der Waals surface area contributed by atoms with E-state index in [0.29, 0.717) is 0 Å². The van der Waals surface area contributed by atoms with Gasteiger partial charge in [0.15, 0.2) is 0 Å². The van der Waals surface area contributed by atoms with Crippen LogP contribution in [-0.4, -0.2) is 16.6 Å². The van der Waals surface area contributed by atoms with E-state index >= 15 is 0 Å². The molecule has 4 nitrogen and oxygen atoms in total. The lowest BCUT2D eigenvalue weighted by Crippen LogP contribution is -2.20. The fraction of sp³-hybridized carbons (Fsp3) is 0.353. The molecular formula is C17H21N3O. The molecule has 1 N–H and O–H groups in total. The average Bonchev–Trinajstić information content (AvgIpc) is 3.10. The molecular weight excluding hydrogens is 262 g/mol. The Morgan fingerprint density at radius 3 is 2.71 bits per heavy atom. The predicted molar refractivity (Wildman–Crippen MR) is 84.3 cm³/mol. The van der Waals surface area contributed by atoms with Gasteiger partial charge in [-0.05, 0) is 31.3 Å². The summed E-state index contributed by atoms with van der Waals surface area (Å²) in [7, 11) is 4.03. The normalized spacial score (nSPS) is 12.9. The monoisotopic (exact) mass is 283 g/mol. The quantitative estimate of drug-likeness (QED) is 0.781. The Morgan fingerprint density at radius 2 is 2.05 bits per heavy atom. The summed E-state index contributed by atoms with van der Waals surface area (Å²) in [5, 5.41) is 3.33. The molecule has 0 spiro atoms. The first kappa shape index (κ1) is 13.9. The first-order valence-electron chi connectivity index (χ1n) is 7.39. The molecule has 0 saturated heterocycles. The zero-order valence-electron chi connectivity index (χ0n) is 12.8. The highest BCUT2D eigenvalue weighted by atomic mass is 16.3. The number of hydrogen-bond donors (Lipinski definition) is 1. The van der Waals surface area contributed by atoms with E-state index in [1.165, 1.54) is 0 Å². The highest BCUT2D eigenvalue weighted by Crippen LogP contribution is 2.22. The molecule has 0 saturated carbocycles. The Hall–Kier alpha value is -2.07. The highest BCUT2D eigenvalue weighted by molar-refractivity contribution is 5.75. The number of imidazole rings is 1. The zero-order valence-corrected chi connectivity index (χ0v) is 12.8. The summed E-state index contributed by atoms with van der Waals surface area (Å²) in [5.74, 6) is 3.06. The number of aromatic nitrogens is 2. The molecule has 3 rings (SSSR count). The second kappa shape index (κ2) is 5.74. The molecule has 110 valence electrons. The Labute approximate surface area is 124 Å². The number of para-hydroxylation sites is 2. The number of fused-ring (bicyclic) bond motifs is 1. The van der Waals surface area contributed by atoms with Gasteiger partial charge in [-0.3, -0.25) is 0 Å². The van der Waals surface area contributed by atoms with Crippen molar-refractivity contribution in [1.29, 1.82) is 0 Å². The third kappa shape index (κ3) is 2.59. The summed E-state index contributed by atoms with van der Waals surface area (Å²) >= 11 is 0. The molecule has 21 heavy (non-hydrogen) atoms. The lowest BCUT2D eigenvalue weighted by atomic mass is 10.1. The number of aryl methyl sites for hydroxylation is 2. The van der Waals surface area contributed by atoms with E-state index in [1.807, 2.05) is 19.2 Å². The van der Waals surface area contributed by atoms with Gasteiger partial charge in [0.1, 0.15) is 17.3 Å². The number of hydrogen-bond acceptors (Lipinski definition) is 3. The summed E-state index contributed by atoms with van der Waals surface area (Å²) in [6.07, 6.45) is 1.72. The average molecular weight is 283 g/mol. The highest BCUT2D eigenvalue weighted by Gasteiger charge is 2.18. The van der Waals surface area contributed by atoms with Crippen LogP contribution in [0.2, 0.25) is 0 Å². The van der Waals surface area contributed by atoms with Crippen molar-refractivity contribution in [2.75, 3.05) is 7.05 Å². The van der Waals surface area contributed by atoms with Crippen molar-refractivity contribution in [3.63, 3.8) is 0 Å². The first-order chi connectivity index (χ1) is 10.2. The van der Waals surface area contributed by atoms with Crippen molar-refractivity contribution < 1.29 is 4.42 Å². The van der Waals surface area contributed by atoms with Crippen LogP contribution in [0.15, 0.2) is 40.8 Å². The maximum absolute atomic E-state index is 5.87. The van der Waals surface area contributed by atoms with Crippen LogP contribution >= 0.6 is 0 Å². The van der Waals surface area contributed by atoms with Gasteiger partial charge in [-0.1, -0.05) is 19.1 Å². The lowest BCUT2D eigenvalue weighted by Gasteiger charge is -2.13. The number of nitrogens with one attached hydrogen (secondary N) is 1. The van der Waals surface area contributed by atoms with Crippen LogP contribution in [0.1, 0.15) is 30.3 Å². The van der Waals surface area contributed by atoms with E-state index in [0.717, 1.165) is 41.2 Å². The summed E-state index contributed by atoms with van der Waals surface area (Å²) in [5.41, 5.74) is 2.20. The summed E-state index contributed by atoms with van der Waals surface area (Å²) in [4.78, 5) is 4.73. The number of rotatable bonds is 5. The van der Waals surface area contributed by atoms with Crippen molar-refractivity contribution in [3.05, 3.63) is 53.7 Å². The van der Waals surface area contributed by atoms with Crippen LogP contribution in [0.5, 0.6) is 0 Å². The molecule has 0 radical (unpaired) electrons. The van der Waals surface area contributed by atoms with Gasteiger partial charge < -0.3 is 14.3 Å². The van der Waals surface area contributed by atoms with Gasteiger partial charge in [0, 0.05) is 19.9 Å². The van der Waals surface area contributed by atoms with Gasteiger partial charge in [-0.25, -0.2) is 4.98 Å². The molecule has 0 amide bonds. The van der Waals surface area contributed by atoms with Crippen molar-refractivity contribution in [1.82, 2.24) is 14.9 Å². The van der Waals surface area contributed by atoms with Crippen LogP contribution in [0, 0.1) is 0 Å². The number of furan rings is 1. The van der Waals surface area contributed by atoms with Crippen molar-refractivity contribution in [2.24, 2.45) is 7.05 Å². The molecule has 4 heteroatoms. The van der Waals surface area contributed by atoms with Gasteiger partial charge >= 0.3 is 0 Å². The fourth-order valence-electron chi connectivity index (χ4n) is 2.68. The Balaban J connectivity index is 1.90. The van der Waals surface area contributed by atoms with Gasteiger partial charge in [-0.2, -0.15) is 0 Å². The van der Waals surface area contributed by atoms with Gasteiger partial charge in [0.05, 0.1) is 17.1 Å². The standard InChI is InChI=1S/C17H21N3O/c1-4-12-9-10-16(21-12)14(18-2)11-17-19-13-7-5-6-8-15(13)20(17)3/h5-10,14,18H,4,11H2,1-3H3. The largest absolute Gasteiger partial charge is 0.464 e. The Bertz CT molecular complexity index is 741. The SMILES string of the molecule is CCc1ccc(C(Cc2nc3ccccc3n2C)NC)o1. The molecule has 0 bridgehead atoms.